The number of thioether (sulfide) groups is 1. The van der Waals surface area contributed by atoms with Gasteiger partial charge in [0.2, 0.25) is 0 Å². The van der Waals surface area contributed by atoms with Crippen molar-refractivity contribution in [3.8, 4) is 0 Å². The maximum atomic E-state index is 12.8. The van der Waals surface area contributed by atoms with Crippen LogP contribution in [0.1, 0.15) is 48.0 Å². The minimum absolute atomic E-state index is 0.0246. The number of hydrogen-bond donors (Lipinski definition) is 2. The number of nitrogens with zero attached hydrogens (tertiary/aromatic N) is 3. The number of carbonyl (C=O) groups is 2. The number of benzene rings is 2. The van der Waals surface area contributed by atoms with Gasteiger partial charge < -0.3 is 0 Å². The van der Waals surface area contributed by atoms with E-state index < -0.39 is 16.7 Å². The first-order valence-electron chi connectivity index (χ1n) is 10.7. The lowest BCUT2D eigenvalue weighted by Crippen LogP contribution is -2.42. The van der Waals surface area contributed by atoms with E-state index in [0.29, 0.717) is 21.6 Å². The van der Waals surface area contributed by atoms with Gasteiger partial charge in [0.05, 0.1) is 15.2 Å². The molecule has 1 aromatic heterocycles. The Hall–Kier alpha value is -3.73. The van der Waals surface area contributed by atoms with Gasteiger partial charge in [-0.1, -0.05) is 32.0 Å². The first-order chi connectivity index (χ1) is 16.2. The standard InChI is InChI=1S/C23H25N5O5S/c1-4-27-23(31)17-8-6-5-7-16(17)20(26-27)22(30)25-24-21(29)15-9-10-19(18(13-15)28(32)33)34-12-11-14(2)3/h5-10,13-14H,4,11-12H2,1-3H3,(H,24,29)(H,25,30). The molecule has 0 spiro atoms. The largest absolute Gasteiger partial charge is 0.290 e. The Morgan fingerprint density at radius 2 is 1.79 bits per heavy atom. The van der Waals surface area contributed by atoms with Crippen molar-refractivity contribution >= 4 is 40.0 Å². The molecule has 0 unspecified atom stereocenters. The zero-order chi connectivity index (χ0) is 24.8. The molecule has 10 nitrogen and oxygen atoms in total. The van der Waals surface area contributed by atoms with Crippen molar-refractivity contribution in [1.29, 1.82) is 0 Å². The van der Waals surface area contributed by atoms with Gasteiger partial charge in [-0.3, -0.25) is 35.3 Å². The summed E-state index contributed by atoms with van der Waals surface area (Å²) in [5, 5.41) is 16.3. The second kappa shape index (κ2) is 10.9. The van der Waals surface area contributed by atoms with Crippen LogP contribution in [0.4, 0.5) is 5.69 Å². The van der Waals surface area contributed by atoms with E-state index >= 15 is 0 Å². The van der Waals surface area contributed by atoms with Crippen LogP contribution in [0, 0.1) is 16.0 Å². The van der Waals surface area contributed by atoms with Crippen LogP contribution in [0.5, 0.6) is 0 Å². The van der Waals surface area contributed by atoms with E-state index in [1.54, 1.807) is 31.2 Å². The number of hydrogen-bond acceptors (Lipinski definition) is 7. The number of nitro groups is 1. The van der Waals surface area contributed by atoms with E-state index in [9.17, 15) is 24.5 Å². The highest BCUT2D eigenvalue weighted by molar-refractivity contribution is 7.99. The Bertz CT molecular complexity index is 1300. The molecule has 3 aromatic rings. The molecule has 0 aliphatic carbocycles. The highest BCUT2D eigenvalue weighted by atomic mass is 32.2. The number of fused-ring (bicyclic) bond motifs is 1. The Morgan fingerprint density at radius 3 is 2.44 bits per heavy atom. The molecule has 2 aromatic carbocycles. The van der Waals surface area contributed by atoms with Crippen LogP contribution >= 0.6 is 11.8 Å². The van der Waals surface area contributed by atoms with Gasteiger partial charge in [0.1, 0.15) is 0 Å². The number of hydrazine groups is 1. The summed E-state index contributed by atoms with van der Waals surface area (Å²) >= 11 is 1.37. The predicted octanol–water partition coefficient (Wildman–Crippen LogP) is 3.54. The van der Waals surface area contributed by atoms with Crippen LogP contribution in [-0.4, -0.2) is 32.3 Å². The lowest BCUT2D eigenvalue weighted by atomic mass is 10.1. The van der Waals surface area contributed by atoms with Gasteiger partial charge in [-0.15, -0.1) is 11.8 Å². The van der Waals surface area contributed by atoms with Crippen molar-refractivity contribution < 1.29 is 14.5 Å². The van der Waals surface area contributed by atoms with E-state index in [4.69, 9.17) is 0 Å². The highest BCUT2D eigenvalue weighted by Crippen LogP contribution is 2.31. The minimum atomic E-state index is -0.720. The molecule has 0 aliphatic heterocycles. The second-order valence-electron chi connectivity index (χ2n) is 7.89. The molecule has 0 saturated heterocycles. The molecule has 11 heteroatoms. The second-order valence-corrected chi connectivity index (χ2v) is 9.03. The average molecular weight is 484 g/mol. The quantitative estimate of drug-likeness (QED) is 0.284. The summed E-state index contributed by atoms with van der Waals surface area (Å²) in [6.45, 7) is 6.14. The summed E-state index contributed by atoms with van der Waals surface area (Å²) in [5.41, 5.74) is 4.05. The lowest BCUT2D eigenvalue weighted by molar-refractivity contribution is -0.387. The van der Waals surface area contributed by atoms with Crippen molar-refractivity contribution in [2.75, 3.05) is 5.75 Å². The van der Waals surface area contributed by atoms with Crippen LogP contribution in [0.15, 0.2) is 52.2 Å². The molecule has 0 atom stereocenters. The molecule has 34 heavy (non-hydrogen) atoms. The maximum Gasteiger partial charge on any atom is 0.290 e. The molecular formula is C23H25N5O5S. The zero-order valence-corrected chi connectivity index (χ0v) is 19.8. The number of carbonyl (C=O) groups excluding carboxylic acids is 2. The van der Waals surface area contributed by atoms with Crippen LogP contribution < -0.4 is 16.4 Å². The minimum Gasteiger partial charge on any atom is -0.267 e. The first-order valence-corrected chi connectivity index (χ1v) is 11.7. The van der Waals surface area contributed by atoms with E-state index in [2.05, 4.69) is 29.8 Å². The smallest absolute Gasteiger partial charge is 0.267 e. The highest BCUT2D eigenvalue weighted by Gasteiger charge is 2.20. The molecule has 1 heterocycles. The summed E-state index contributed by atoms with van der Waals surface area (Å²) in [4.78, 5) is 49.2. The topological polar surface area (TPSA) is 136 Å². The fraction of sp³-hybridized carbons (Fsp3) is 0.304. The Balaban J connectivity index is 1.78. The van der Waals surface area contributed by atoms with Gasteiger partial charge in [-0.25, -0.2) is 4.68 Å². The molecule has 2 amide bonds. The number of aryl methyl sites for hydroxylation is 1. The molecule has 178 valence electrons. The average Bonchev–Trinajstić information content (AvgIpc) is 2.82. The van der Waals surface area contributed by atoms with Crippen molar-refractivity contribution in [3.63, 3.8) is 0 Å². The van der Waals surface area contributed by atoms with Gasteiger partial charge in [0.25, 0.3) is 23.1 Å². The summed E-state index contributed by atoms with van der Waals surface area (Å²) in [6.07, 6.45) is 0.907. The van der Waals surface area contributed by atoms with Crippen LogP contribution in [0.3, 0.4) is 0 Å². The van der Waals surface area contributed by atoms with Gasteiger partial charge in [-0.05, 0) is 43.2 Å². The van der Waals surface area contributed by atoms with Crippen molar-refractivity contribution in [3.05, 3.63) is 74.2 Å². The fourth-order valence-electron chi connectivity index (χ4n) is 3.19. The Morgan fingerprint density at radius 1 is 1.12 bits per heavy atom. The van der Waals surface area contributed by atoms with Gasteiger partial charge >= 0.3 is 0 Å². The molecule has 2 N–H and O–H groups in total. The predicted molar refractivity (Wildman–Crippen MR) is 130 cm³/mol. The molecule has 0 saturated carbocycles. The summed E-state index contributed by atoms with van der Waals surface area (Å²) in [6, 6.07) is 10.7. The molecule has 0 fully saturated rings. The van der Waals surface area contributed by atoms with Crippen LogP contribution in [0.2, 0.25) is 0 Å². The number of aromatic nitrogens is 2. The van der Waals surface area contributed by atoms with Gasteiger partial charge in [0.15, 0.2) is 5.69 Å². The Labute approximate surface area is 199 Å². The third-order valence-electron chi connectivity index (χ3n) is 5.04. The van der Waals surface area contributed by atoms with Gasteiger partial charge in [-0.2, -0.15) is 5.10 Å². The van der Waals surface area contributed by atoms with Gasteiger partial charge in [0, 0.05) is 23.6 Å². The van der Waals surface area contributed by atoms with Crippen LogP contribution in [-0.2, 0) is 6.54 Å². The van der Waals surface area contributed by atoms with E-state index in [1.165, 1.54) is 30.0 Å². The normalized spacial score (nSPS) is 10.9. The summed E-state index contributed by atoms with van der Waals surface area (Å²) in [7, 11) is 0. The molecule has 0 aliphatic rings. The van der Waals surface area contributed by atoms with Crippen molar-refractivity contribution in [2.24, 2.45) is 5.92 Å². The molecular weight excluding hydrogens is 458 g/mol. The Kier molecular flexibility index (Phi) is 8.00. The van der Waals surface area contributed by atoms with E-state index in [-0.39, 0.29) is 29.0 Å². The van der Waals surface area contributed by atoms with E-state index in [0.717, 1.165) is 16.9 Å². The first kappa shape index (κ1) is 24.9. The number of nitrogens with one attached hydrogen (secondary N) is 2. The van der Waals surface area contributed by atoms with Crippen LogP contribution in [0.25, 0.3) is 10.8 Å². The van der Waals surface area contributed by atoms with Crippen molar-refractivity contribution in [2.45, 2.75) is 38.6 Å². The monoisotopic (exact) mass is 483 g/mol. The SMILES string of the molecule is CCn1nc(C(=O)NNC(=O)c2ccc(SCCC(C)C)c([N+](=O)[O-])c2)c2ccccc2c1=O. The summed E-state index contributed by atoms with van der Waals surface area (Å²) < 4.78 is 1.16. The van der Waals surface area contributed by atoms with E-state index in [1.807, 2.05) is 0 Å². The molecule has 0 bridgehead atoms. The number of rotatable bonds is 8. The summed E-state index contributed by atoms with van der Waals surface area (Å²) in [5.74, 6) is -0.241. The maximum absolute atomic E-state index is 12.8. The van der Waals surface area contributed by atoms with Crippen molar-refractivity contribution in [1.82, 2.24) is 20.6 Å². The zero-order valence-electron chi connectivity index (χ0n) is 19.0. The molecule has 0 radical (unpaired) electrons. The molecule has 3 rings (SSSR count). The fourth-order valence-corrected chi connectivity index (χ4v) is 4.44. The lowest BCUT2D eigenvalue weighted by Gasteiger charge is -2.11. The third kappa shape index (κ3) is 5.60. The third-order valence-corrected chi connectivity index (χ3v) is 6.14. The number of amides is 2. The number of nitro benzene ring substituents is 1.